The van der Waals surface area contributed by atoms with Crippen LogP contribution in [0.3, 0.4) is 0 Å². The van der Waals surface area contributed by atoms with Crippen LogP contribution in [0.5, 0.6) is 0 Å². The topological polar surface area (TPSA) is 87.1 Å². The van der Waals surface area contributed by atoms with Crippen LogP contribution in [0.2, 0.25) is 0 Å². The van der Waals surface area contributed by atoms with Gasteiger partial charge in [-0.15, -0.1) is 0 Å². The van der Waals surface area contributed by atoms with Crippen molar-refractivity contribution < 1.29 is 24.5 Å². The molecular formula is C11H21NO5. The molecule has 2 atom stereocenters. The Morgan fingerprint density at radius 2 is 1.82 bits per heavy atom. The van der Waals surface area contributed by atoms with Crippen LogP contribution in [0.25, 0.3) is 0 Å². The highest BCUT2D eigenvalue weighted by atomic mass is 16.6. The molecule has 0 aliphatic rings. The molecule has 0 heterocycles. The van der Waals surface area contributed by atoms with Gasteiger partial charge in [0.1, 0.15) is 5.60 Å². The van der Waals surface area contributed by atoms with E-state index in [0.29, 0.717) is 0 Å². The highest BCUT2D eigenvalue weighted by Crippen LogP contribution is 2.11. The second-order valence-corrected chi connectivity index (χ2v) is 5.06. The van der Waals surface area contributed by atoms with E-state index in [0.717, 1.165) is 4.90 Å². The van der Waals surface area contributed by atoms with Crippen molar-refractivity contribution in [3.63, 3.8) is 0 Å². The summed E-state index contributed by atoms with van der Waals surface area (Å²) in [7, 11) is 1.45. The maximum absolute atomic E-state index is 11.5. The predicted molar refractivity (Wildman–Crippen MR) is 61.7 cm³/mol. The number of rotatable bonds is 4. The minimum Gasteiger partial charge on any atom is -0.481 e. The SMILES string of the molecule is C[C@H](C(=O)O)[C@H](O)CN(C)C(=O)OC(C)(C)C. The van der Waals surface area contributed by atoms with E-state index in [1.807, 2.05) is 0 Å². The number of hydrogen-bond donors (Lipinski definition) is 2. The second-order valence-electron chi connectivity index (χ2n) is 5.06. The highest BCUT2D eigenvalue weighted by Gasteiger charge is 2.26. The third kappa shape index (κ3) is 6.11. The normalized spacial score (nSPS) is 14.9. The molecule has 0 saturated carbocycles. The van der Waals surface area contributed by atoms with Crippen LogP contribution in [0.4, 0.5) is 4.79 Å². The van der Waals surface area contributed by atoms with Gasteiger partial charge in [-0.25, -0.2) is 4.79 Å². The zero-order chi connectivity index (χ0) is 13.8. The van der Waals surface area contributed by atoms with Gasteiger partial charge in [-0.2, -0.15) is 0 Å². The molecule has 0 bridgehead atoms. The Bertz CT molecular complexity index is 284. The van der Waals surface area contributed by atoms with E-state index in [4.69, 9.17) is 9.84 Å². The summed E-state index contributed by atoms with van der Waals surface area (Å²) in [6.45, 7) is 6.50. The summed E-state index contributed by atoms with van der Waals surface area (Å²) in [5.74, 6) is -2.03. The number of hydrogen-bond acceptors (Lipinski definition) is 4. The Labute approximate surface area is 101 Å². The third-order valence-corrected chi connectivity index (χ3v) is 2.13. The zero-order valence-corrected chi connectivity index (χ0v) is 10.9. The molecule has 0 fully saturated rings. The van der Waals surface area contributed by atoms with Crippen molar-refractivity contribution in [3.05, 3.63) is 0 Å². The number of carbonyl (C=O) groups excluding carboxylic acids is 1. The standard InChI is InChI=1S/C11H21NO5/c1-7(9(14)15)8(13)6-12(5)10(16)17-11(2,3)4/h7-8,13H,6H2,1-5H3,(H,14,15)/t7-,8+/m0/s1. The molecule has 0 aromatic rings. The van der Waals surface area contributed by atoms with E-state index in [9.17, 15) is 14.7 Å². The average Bonchev–Trinajstić information content (AvgIpc) is 2.13. The van der Waals surface area contributed by atoms with Gasteiger partial charge in [0.15, 0.2) is 0 Å². The quantitative estimate of drug-likeness (QED) is 0.771. The van der Waals surface area contributed by atoms with Crippen LogP contribution in [0, 0.1) is 5.92 Å². The van der Waals surface area contributed by atoms with E-state index in [1.54, 1.807) is 20.8 Å². The Kier molecular flexibility index (Phi) is 5.41. The molecule has 17 heavy (non-hydrogen) atoms. The molecule has 6 heteroatoms. The van der Waals surface area contributed by atoms with Crippen molar-refractivity contribution in [2.45, 2.75) is 39.4 Å². The van der Waals surface area contributed by atoms with Crippen molar-refractivity contribution in [1.82, 2.24) is 4.90 Å². The lowest BCUT2D eigenvalue weighted by atomic mass is 10.1. The van der Waals surface area contributed by atoms with E-state index >= 15 is 0 Å². The van der Waals surface area contributed by atoms with E-state index in [1.165, 1.54) is 14.0 Å². The van der Waals surface area contributed by atoms with Crippen LogP contribution in [-0.2, 0) is 9.53 Å². The van der Waals surface area contributed by atoms with Crippen LogP contribution < -0.4 is 0 Å². The molecule has 0 aliphatic carbocycles. The first-order valence-corrected chi connectivity index (χ1v) is 5.39. The minimum absolute atomic E-state index is 0.0810. The maximum Gasteiger partial charge on any atom is 0.410 e. The number of nitrogens with zero attached hydrogens (tertiary/aromatic N) is 1. The molecule has 100 valence electrons. The van der Waals surface area contributed by atoms with Gasteiger partial charge >= 0.3 is 12.1 Å². The van der Waals surface area contributed by atoms with E-state index in [2.05, 4.69) is 0 Å². The van der Waals surface area contributed by atoms with Gasteiger partial charge in [0.25, 0.3) is 0 Å². The number of aliphatic hydroxyl groups excluding tert-OH is 1. The number of carboxylic acid groups (broad SMARTS) is 1. The molecule has 0 aromatic heterocycles. The molecule has 0 aromatic carbocycles. The minimum atomic E-state index is -1.12. The van der Waals surface area contributed by atoms with Crippen molar-refractivity contribution in [3.8, 4) is 0 Å². The number of carbonyl (C=O) groups is 2. The van der Waals surface area contributed by atoms with Crippen LogP contribution in [0.1, 0.15) is 27.7 Å². The lowest BCUT2D eigenvalue weighted by Gasteiger charge is -2.26. The van der Waals surface area contributed by atoms with Crippen molar-refractivity contribution >= 4 is 12.1 Å². The number of carboxylic acids is 1. The fourth-order valence-electron chi connectivity index (χ4n) is 1.02. The van der Waals surface area contributed by atoms with Crippen LogP contribution >= 0.6 is 0 Å². The van der Waals surface area contributed by atoms with Gasteiger partial charge < -0.3 is 19.8 Å². The van der Waals surface area contributed by atoms with Gasteiger partial charge in [0, 0.05) is 7.05 Å². The molecule has 0 rings (SSSR count). The summed E-state index contributed by atoms with van der Waals surface area (Å²) in [6.07, 6.45) is -1.71. The van der Waals surface area contributed by atoms with Crippen molar-refractivity contribution in [2.24, 2.45) is 5.92 Å². The Morgan fingerprint density at radius 3 is 2.18 bits per heavy atom. The Balaban J connectivity index is 4.30. The summed E-state index contributed by atoms with van der Waals surface area (Å²) >= 11 is 0. The van der Waals surface area contributed by atoms with Gasteiger partial charge in [-0.05, 0) is 27.7 Å². The third-order valence-electron chi connectivity index (χ3n) is 2.13. The fourth-order valence-corrected chi connectivity index (χ4v) is 1.02. The second kappa shape index (κ2) is 5.86. The largest absolute Gasteiger partial charge is 0.481 e. The first kappa shape index (κ1) is 15.7. The fraction of sp³-hybridized carbons (Fsp3) is 0.818. The lowest BCUT2D eigenvalue weighted by Crippen LogP contribution is -2.41. The smallest absolute Gasteiger partial charge is 0.410 e. The molecule has 0 unspecified atom stereocenters. The first-order chi connectivity index (χ1) is 7.54. The lowest BCUT2D eigenvalue weighted by molar-refractivity contribution is -0.145. The Hall–Kier alpha value is -1.30. The van der Waals surface area contributed by atoms with Gasteiger partial charge in [0.05, 0.1) is 18.6 Å². The monoisotopic (exact) mass is 247 g/mol. The molecule has 6 nitrogen and oxygen atoms in total. The maximum atomic E-state index is 11.5. The van der Waals surface area contributed by atoms with Crippen molar-refractivity contribution in [1.29, 1.82) is 0 Å². The average molecular weight is 247 g/mol. The molecule has 0 spiro atoms. The molecule has 0 saturated heterocycles. The molecule has 0 aliphatic heterocycles. The van der Waals surface area contributed by atoms with Crippen LogP contribution in [-0.4, -0.2) is 52.5 Å². The summed E-state index contributed by atoms with van der Waals surface area (Å²) in [5.41, 5.74) is -0.616. The molecule has 1 amide bonds. The number of likely N-dealkylation sites (N-methyl/N-ethyl adjacent to an activating group) is 1. The number of ether oxygens (including phenoxy) is 1. The Morgan fingerprint density at radius 1 is 1.35 bits per heavy atom. The number of amides is 1. The first-order valence-electron chi connectivity index (χ1n) is 5.39. The van der Waals surface area contributed by atoms with Crippen LogP contribution in [0.15, 0.2) is 0 Å². The van der Waals surface area contributed by atoms with Crippen molar-refractivity contribution in [2.75, 3.05) is 13.6 Å². The van der Waals surface area contributed by atoms with Gasteiger partial charge in [0.2, 0.25) is 0 Å². The van der Waals surface area contributed by atoms with E-state index in [-0.39, 0.29) is 6.54 Å². The van der Waals surface area contributed by atoms with Gasteiger partial charge in [-0.3, -0.25) is 4.79 Å². The number of aliphatic carboxylic acids is 1. The predicted octanol–water partition coefficient (Wildman–Crippen LogP) is 0.935. The molecule has 2 N–H and O–H groups in total. The van der Waals surface area contributed by atoms with E-state index < -0.39 is 29.7 Å². The zero-order valence-electron chi connectivity index (χ0n) is 10.9. The highest BCUT2D eigenvalue weighted by molar-refractivity contribution is 5.71. The summed E-state index contributed by atoms with van der Waals surface area (Å²) in [5, 5.41) is 18.3. The number of aliphatic hydroxyl groups is 1. The molecular weight excluding hydrogens is 226 g/mol. The molecule has 0 radical (unpaired) electrons. The van der Waals surface area contributed by atoms with Gasteiger partial charge in [-0.1, -0.05) is 0 Å². The summed E-state index contributed by atoms with van der Waals surface area (Å²) < 4.78 is 5.07. The summed E-state index contributed by atoms with van der Waals surface area (Å²) in [4.78, 5) is 23.3. The summed E-state index contributed by atoms with van der Waals surface area (Å²) in [6, 6.07) is 0.